The number of hydrogen-bond donors (Lipinski definition) is 0. The summed E-state index contributed by atoms with van der Waals surface area (Å²) in [5.41, 5.74) is 2.51. The second kappa shape index (κ2) is 5.46. The minimum atomic E-state index is 0.340. The highest BCUT2D eigenvalue weighted by Crippen LogP contribution is 2.67. The summed E-state index contributed by atoms with van der Waals surface area (Å²) in [5, 5.41) is 0. The molecule has 1 nitrogen and oxygen atoms in total. The summed E-state index contributed by atoms with van der Waals surface area (Å²) in [6.07, 6.45) is 15.2. The number of carbonyl (C=O) groups is 1. The van der Waals surface area contributed by atoms with E-state index < -0.39 is 0 Å². The summed E-state index contributed by atoms with van der Waals surface area (Å²) in [6, 6.07) is 0. The van der Waals surface area contributed by atoms with E-state index in [2.05, 4.69) is 26.8 Å². The van der Waals surface area contributed by atoms with E-state index in [1.807, 2.05) is 0 Å². The summed E-state index contributed by atoms with van der Waals surface area (Å²) in [4.78, 5) is 12.0. The van der Waals surface area contributed by atoms with Gasteiger partial charge in [-0.05, 0) is 79.1 Å². The lowest BCUT2D eigenvalue weighted by atomic mass is 9.45. The Morgan fingerprint density at radius 3 is 2.74 bits per heavy atom. The van der Waals surface area contributed by atoms with Gasteiger partial charge < -0.3 is 0 Å². The van der Waals surface area contributed by atoms with E-state index in [4.69, 9.17) is 0 Å². The third kappa shape index (κ3) is 2.29. The average molecular weight is 315 g/mol. The number of carbonyl (C=O) groups excluding carboxylic acids is 1. The van der Waals surface area contributed by atoms with Crippen molar-refractivity contribution in [3.8, 4) is 0 Å². The molecule has 0 radical (unpaired) electrons. The largest absolute Gasteiger partial charge is 0.295 e. The van der Waals surface area contributed by atoms with E-state index in [0.29, 0.717) is 16.6 Å². The lowest BCUT2D eigenvalue weighted by Crippen LogP contribution is -2.52. The van der Waals surface area contributed by atoms with Crippen LogP contribution in [0, 0.1) is 34.5 Å². The minimum Gasteiger partial charge on any atom is -0.295 e. The Labute approximate surface area is 142 Å². The lowest BCUT2D eigenvalue weighted by molar-refractivity contribution is -0.118. The maximum Gasteiger partial charge on any atom is 0.155 e. The Kier molecular flexibility index (Phi) is 3.78. The molecule has 0 amide bonds. The average Bonchev–Trinajstić information content (AvgIpc) is 2.91. The molecule has 0 unspecified atom stereocenters. The summed E-state index contributed by atoms with van der Waals surface area (Å²) >= 11 is 0. The van der Waals surface area contributed by atoms with Gasteiger partial charge in [0.15, 0.2) is 5.78 Å². The zero-order chi connectivity index (χ0) is 16.2. The van der Waals surface area contributed by atoms with Crippen molar-refractivity contribution < 1.29 is 4.79 Å². The Morgan fingerprint density at radius 1 is 1.13 bits per heavy atom. The van der Waals surface area contributed by atoms with E-state index in [1.165, 1.54) is 56.9 Å². The predicted octanol–water partition coefficient (Wildman–Crippen LogP) is 5.93. The first-order valence-electron chi connectivity index (χ1n) is 10.2. The monoisotopic (exact) mass is 314 g/mol. The molecule has 4 aliphatic carbocycles. The molecule has 0 aromatic carbocycles. The van der Waals surface area contributed by atoms with Crippen molar-refractivity contribution in [1.29, 1.82) is 0 Å². The Balaban J connectivity index is 1.74. The number of ketones is 1. The van der Waals surface area contributed by atoms with Crippen LogP contribution < -0.4 is 0 Å². The third-order valence-corrected chi connectivity index (χ3v) is 8.58. The number of fused-ring (bicyclic) bond motifs is 5. The Morgan fingerprint density at radius 2 is 1.96 bits per heavy atom. The molecule has 0 bridgehead atoms. The molecule has 1 heteroatoms. The highest BCUT2D eigenvalue weighted by Gasteiger charge is 2.58. The van der Waals surface area contributed by atoms with Crippen molar-refractivity contribution in [3.63, 3.8) is 0 Å². The molecular formula is C22H34O. The van der Waals surface area contributed by atoms with Gasteiger partial charge in [0.25, 0.3) is 0 Å². The standard InChI is InChI=1S/C22H34O/c1-4-6-15-13-16-14-17(23)8-12-22(16,3)19-9-11-21(2)10-5-7-18(21)20(15)19/h14-15,18-20H,4-13H2,1-3H3/t15-,18+,19+,20+,21+,22+/m1/s1. The van der Waals surface area contributed by atoms with Gasteiger partial charge in [-0.1, -0.05) is 45.6 Å². The zero-order valence-corrected chi connectivity index (χ0v) is 15.4. The number of allylic oxidation sites excluding steroid dienone is 1. The van der Waals surface area contributed by atoms with Crippen LogP contribution in [0.3, 0.4) is 0 Å². The van der Waals surface area contributed by atoms with Gasteiger partial charge in [0.05, 0.1) is 0 Å². The summed E-state index contributed by atoms with van der Waals surface area (Å²) in [7, 11) is 0. The predicted molar refractivity (Wildman–Crippen MR) is 95.1 cm³/mol. The van der Waals surface area contributed by atoms with Gasteiger partial charge in [0.1, 0.15) is 0 Å². The Bertz CT molecular complexity index is 532. The van der Waals surface area contributed by atoms with Crippen LogP contribution in [-0.2, 0) is 4.79 Å². The molecule has 0 aliphatic heterocycles. The molecule has 4 aliphatic rings. The second-order valence-electron chi connectivity index (χ2n) is 9.68. The van der Waals surface area contributed by atoms with Crippen molar-refractivity contribution >= 4 is 5.78 Å². The van der Waals surface area contributed by atoms with Crippen molar-refractivity contribution in [2.24, 2.45) is 34.5 Å². The first kappa shape index (κ1) is 15.9. The third-order valence-electron chi connectivity index (χ3n) is 8.58. The van der Waals surface area contributed by atoms with Crippen molar-refractivity contribution in [1.82, 2.24) is 0 Å². The molecule has 0 spiro atoms. The smallest absolute Gasteiger partial charge is 0.155 e. The Hall–Kier alpha value is -0.590. The molecule has 3 fully saturated rings. The van der Waals surface area contributed by atoms with E-state index >= 15 is 0 Å². The molecule has 23 heavy (non-hydrogen) atoms. The topological polar surface area (TPSA) is 17.1 Å². The van der Waals surface area contributed by atoms with Crippen LogP contribution in [0.4, 0.5) is 0 Å². The molecule has 0 N–H and O–H groups in total. The molecule has 6 atom stereocenters. The van der Waals surface area contributed by atoms with E-state index in [0.717, 1.165) is 36.5 Å². The van der Waals surface area contributed by atoms with Crippen LogP contribution in [-0.4, -0.2) is 5.78 Å². The van der Waals surface area contributed by atoms with Crippen molar-refractivity contribution in [2.45, 2.75) is 85.0 Å². The molecule has 0 heterocycles. The second-order valence-corrected chi connectivity index (χ2v) is 9.68. The molecule has 0 aromatic heterocycles. The first-order valence-corrected chi connectivity index (χ1v) is 10.2. The maximum atomic E-state index is 12.0. The molecule has 0 aromatic rings. The number of rotatable bonds is 2. The fraction of sp³-hybridized carbons (Fsp3) is 0.864. The summed E-state index contributed by atoms with van der Waals surface area (Å²) in [6.45, 7) is 7.46. The molecule has 128 valence electrons. The highest BCUT2D eigenvalue weighted by molar-refractivity contribution is 5.91. The highest BCUT2D eigenvalue weighted by atomic mass is 16.1. The number of hydrogen-bond acceptors (Lipinski definition) is 1. The first-order chi connectivity index (χ1) is 11.0. The van der Waals surface area contributed by atoms with Crippen LogP contribution in [0.5, 0.6) is 0 Å². The fourth-order valence-corrected chi connectivity index (χ4v) is 7.36. The van der Waals surface area contributed by atoms with E-state index in [1.54, 1.807) is 0 Å². The normalized spacial score (nSPS) is 49.2. The van der Waals surface area contributed by atoms with Crippen molar-refractivity contribution in [2.75, 3.05) is 0 Å². The lowest BCUT2D eigenvalue weighted by Gasteiger charge is -2.60. The van der Waals surface area contributed by atoms with Crippen LogP contribution in [0.15, 0.2) is 11.6 Å². The van der Waals surface area contributed by atoms with Gasteiger partial charge in [0, 0.05) is 6.42 Å². The van der Waals surface area contributed by atoms with E-state index in [-0.39, 0.29) is 0 Å². The van der Waals surface area contributed by atoms with Gasteiger partial charge in [-0.3, -0.25) is 4.79 Å². The molecular weight excluding hydrogens is 280 g/mol. The van der Waals surface area contributed by atoms with Crippen molar-refractivity contribution in [3.05, 3.63) is 11.6 Å². The van der Waals surface area contributed by atoms with Crippen LogP contribution in [0.1, 0.15) is 85.0 Å². The van der Waals surface area contributed by atoms with Gasteiger partial charge in [-0.2, -0.15) is 0 Å². The quantitative estimate of drug-likeness (QED) is 0.617. The van der Waals surface area contributed by atoms with Gasteiger partial charge in [-0.25, -0.2) is 0 Å². The van der Waals surface area contributed by atoms with Gasteiger partial charge in [0.2, 0.25) is 0 Å². The molecule has 4 rings (SSSR count). The van der Waals surface area contributed by atoms with E-state index in [9.17, 15) is 4.79 Å². The van der Waals surface area contributed by atoms with Crippen LogP contribution >= 0.6 is 0 Å². The fourth-order valence-electron chi connectivity index (χ4n) is 7.36. The summed E-state index contributed by atoms with van der Waals surface area (Å²) < 4.78 is 0. The SMILES string of the molecule is CCC[C@@H]1CC2=CC(=O)CC[C@]2(C)[C@H]2CC[C@]3(C)CCC[C@H]3[C@H]12. The maximum absolute atomic E-state index is 12.0. The van der Waals surface area contributed by atoms with Crippen LogP contribution in [0.25, 0.3) is 0 Å². The zero-order valence-electron chi connectivity index (χ0n) is 15.4. The summed E-state index contributed by atoms with van der Waals surface area (Å²) in [5.74, 6) is 3.99. The van der Waals surface area contributed by atoms with Gasteiger partial charge >= 0.3 is 0 Å². The minimum absolute atomic E-state index is 0.340. The molecule has 3 saturated carbocycles. The van der Waals surface area contributed by atoms with Crippen LogP contribution in [0.2, 0.25) is 0 Å². The molecule has 0 saturated heterocycles. The van der Waals surface area contributed by atoms with Gasteiger partial charge in [-0.15, -0.1) is 0 Å².